The molecule has 4 nitrogen and oxygen atoms in total. The first-order chi connectivity index (χ1) is 11.7. The van der Waals surface area contributed by atoms with Crippen molar-refractivity contribution in [3.63, 3.8) is 0 Å². The Morgan fingerprint density at radius 1 is 1.17 bits per heavy atom. The van der Waals surface area contributed by atoms with E-state index in [-0.39, 0.29) is 12.5 Å². The summed E-state index contributed by atoms with van der Waals surface area (Å²) in [4.78, 5) is 14.2. The van der Waals surface area contributed by atoms with Gasteiger partial charge in [-0.1, -0.05) is 30.3 Å². The molecule has 1 amide bonds. The molecule has 2 aromatic carbocycles. The van der Waals surface area contributed by atoms with Gasteiger partial charge in [0.1, 0.15) is 0 Å². The molecule has 2 aromatic rings. The van der Waals surface area contributed by atoms with Crippen LogP contribution in [-0.2, 0) is 11.2 Å². The molecule has 126 valence electrons. The summed E-state index contributed by atoms with van der Waals surface area (Å²) in [5.41, 5.74) is 1.95. The molecule has 0 unspecified atom stereocenters. The van der Waals surface area contributed by atoms with Crippen molar-refractivity contribution < 1.29 is 14.3 Å². The molecular weight excluding hydrogens is 302 g/mol. The van der Waals surface area contributed by atoms with Crippen LogP contribution in [0.2, 0.25) is 0 Å². The average molecular weight is 325 g/mol. The molecule has 0 bridgehead atoms. The van der Waals surface area contributed by atoms with Crippen LogP contribution < -0.4 is 14.4 Å². The Hall–Kier alpha value is -2.75. The number of methoxy groups -OCH3 is 1. The molecule has 0 heterocycles. The summed E-state index contributed by atoms with van der Waals surface area (Å²) in [6, 6.07) is 15.2. The van der Waals surface area contributed by atoms with E-state index in [4.69, 9.17) is 9.47 Å². The number of hydrogen-bond acceptors (Lipinski definition) is 3. The molecule has 0 N–H and O–H groups in total. The number of anilines is 1. The third-order valence-corrected chi connectivity index (χ3v) is 3.64. The predicted octanol–water partition coefficient (Wildman–Crippen LogP) is 3.86. The maximum Gasteiger partial charge on any atom is 0.264 e. The van der Waals surface area contributed by atoms with Gasteiger partial charge in [0.15, 0.2) is 18.1 Å². The maximum absolute atomic E-state index is 12.5. The fourth-order valence-corrected chi connectivity index (χ4v) is 2.45. The monoisotopic (exact) mass is 325 g/mol. The summed E-state index contributed by atoms with van der Waals surface area (Å²) in [5, 5.41) is 0. The summed E-state index contributed by atoms with van der Waals surface area (Å²) >= 11 is 0. The van der Waals surface area contributed by atoms with Gasteiger partial charge in [-0.05, 0) is 43.2 Å². The van der Waals surface area contributed by atoms with Gasteiger partial charge in [0.25, 0.3) is 5.91 Å². The second-order valence-electron chi connectivity index (χ2n) is 5.24. The average Bonchev–Trinajstić information content (AvgIpc) is 2.62. The van der Waals surface area contributed by atoms with Crippen molar-refractivity contribution in [2.45, 2.75) is 13.3 Å². The Labute approximate surface area is 143 Å². The lowest BCUT2D eigenvalue weighted by molar-refractivity contribution is -0.120. The van der Waals surface area contributed by atoms with E-state index >= 15 is 0 Å². The topological polar surface area (TPSA) is 38.8 Å². The third-order valence-electron chi connectivity index (χ3n) is 3.64. The van der Waals surface area contributed by atoms with Crippen LogP contribution in [0.3, 0.4) is 0 Å². The third kappa shape index (κ3) is 4.38. The van der Waals surface area contributed by atoms with Crippen LogP contribution >= 0.6 is 0 Å². The molecule has 2 rings (SSSR count). The van der Waals surface area contributed by atoms with Gasteiger partial charge in [-0.2, -0.15) is 0 Å². The summed E-state index contributed by atoms with van der Waals surface area (Å²) in [6.45, 7) is 6.21. The minimum atomic E-state index is -0.0964. The highest BCUT2D eigenvalue weighted by atomic mass is 16.5. The molecule has 4 heteroatoms. The Morgan fingerprint density at radius 3 is 2.54 bits per heavy atom. The standard InChI is InChI=1S/C20H23NO3/c1-4-9-16-12-13-18(19(14-16)23-3)24-15-20(22)21(5-2)17-10-7-6-8-11-17/h4,6-8,10-14H,1,5,9,15H2,2-3H3. The number of carbonyl (C=O) groups excluding carboxylic acids is 1. The number of carbonyl (C=O) groups is 1. The van der Waals surface area contributed by atoms with E-state index in [0.717, 1.165) is 17.7 Å². The van der Waals surface area contributed by atoms with Crippen LogP contribution in [-0.4, -0.2) is 26.2 Å². The number of likely N-dealkylation sites (N-methyl/N-ethyl adjacent to an activating group) is 1. The van der Waals surface area contributed by atoms with Crippen LogP contribution in [0.25, 0.3) is 0 Å². The fourth-order valence-electron chi connectivity index (χ4n) is 2.45. The quantitative estimate of drug-likeness (QED) is 0.692. The normalized spacial score (nSPS) is 10.1. The van der Waals surface area contributed by atoms with E-state index in [0.29, 0.717) is 18.0 Å². The summed E-state index contributed by atoms with van der Waals surface area (Å²) in [5.74, 6) is 1.08. The molecule has 0 saturated heterocycles. The number of hydrogen-bond donors (Lipinski definition) is 0. The second-order valence-corrected chi connectivity index (χ2v) is 5.24. The lowest BCUT2D eigenvalue weighted by atomic mass is 10.1. The summed E-state index contributed by atoms with van der Waals surface area (Å²) in [6.07, 6.45) is 2.59. The Morgan fingerprint density at radius 2 is 1.92 bits per heavy atom. The highest BCUT2D eigenvalue weighted by Crippen LogP contribution is 2.28. The van der Waals surface area contributed by atoms with E-state index in [1.165, 1.54) is 0 Å². The summed E-state index contributed by atoms with van der Waals surface area (Å²) < 4.78 is 11.0. The first kappa shape index (κ1) is 17.6. The van der Waals surface area contributed by atoms with Crippen molar-refractivity contribution in [1.29, 1.82) is 0 Å². The van der Waals surface area contributed by atoms with Gasteiger partial charge in [-0.15, -0.1) is 6.58 Å². The molecule has 0 spiro atoms. The highest BCUT2D eigenvalue weighted by Gasteiger charge is 2.15. The lowest BCUT2D eigenvalue weighted by Gasteiger charge is -2.21. The Kier molecular flexibility index (Phi) is 6.43. The molecular formula is C20H23NO3. The largest absolute Gasteiger partial charge is 0.493 e. The van der Waals surface area contributed by atoms with Crippen molar-refractivity contribution in [1.82, 2.24) is 0 Å². The van der Waals surface area contributed by atoms with E-state index in [2.05, 4.69) is 6.58 Å². The minimum absolute atomic E-state index is 0.0418. The van der Waals surface area contributed by atoms with Gasteiger partial charge in [-0.3, -0.25) is 4.79 Å². The first-order valence-corrected chi connectivity index (χ1v) is 7.95. The zero-order valence-corrected chi connectivity index (χ0v) is 14.2. The number of ether oxygens (including phenoxy) is 2. The molecule has 0 atom stereocenters. The smallest absolute Gasteiger partial charge is 0.264 e. The van der Waals surface area contributed by atoms with Gasteiger partial charge >= 0.3 is 0 Å². The molecule has 0 aromatic heterocycles. The van der Waals surface area contributed by atoms with Gasteiger partial charge in [0.05, 0.1) is 7.11 Å². The molecule has 24 heavy (non-hydrogen) atoms. The van der Waals surface area contributed by atoms with Gasteiger partial charge < -0.3 is 14.4 Å². The molecule has 0 saturated carbocycles. The van der Waals surface area contributed by atoms with Gasteiger partial charge in [-0.25, -0.2) is 0 Å². The fraction of sp³-hybridized carbons (Fsp3) is 0.250. The lowest BCUT2D eigenvalue weighted by Crippen LogP contribution is -2.34. The van der Waals surface area contributed by atoms with Crippen LogP contribution in [0, 0.1) is 0 Å². The molecule has 0 aliphatic rings. The second kappa shape index (κ2) is 8.77. The number of allylic oxidation sites excluding steroid dienone is 1. The maximum atomic E-state index is 12.5. The van der Waals surface area contributed by atoms with Crippen molar-refractivity contribution in [3.8, 4) is 11.5 Å². The highest BCUT2D eigenvalue weighted by molar-refractivity contribution is 5.94. The van der Waals surface area contributed by atoms with Crippen molar-refractivity contribution >= 4 is 11.6 Å². The SMILES string of the molecule is C=CCc1ccc(OCC(=O)N(CC)c2ccccc2)c(OC)c1. The molecule has 0 fully saturated rings. The molecule has 0 aliphatic carbocycles. The van der Waals surface area contributed by atoms with Gasteiger partial charge in [0, 0.05) is 12.2 Å². The van der Waals surface area contributed by atoms with Crippen LogP contribution in [0.4, 0.5) is 5.69 Å². The van der Waals surface area contributed by atoms with Crippen LogP contribution in [0.15, 0.2) is 61.2 Å². The number of para-hydroxylation sites is 1. The summed E-state index contributed by atoms with van der Waals surface area (Å²) in [7, 11) is 1.59. The van der Waals surface area contributed by atoms with Crippen molar-refractivity contribution in [3.05, 3.63) is 66.7 Å². The number of benzene rings is 2. The number of nitrogens with zero attached hydrogens (tertiary/aromatic N) is 1. The molecule has 0 aliphatic heterocycles. The number of rotatable bonds is 8. The predicted molar refractivity (Wildman–Crippen MR) is 96.9 cm³/mol. The first-order valence-electron chi connectivity index (χ1n) is 7.95. The van der Waals surface area contributed by atoms with Crippen molar-refractivity contribution in [2.75, 3.05) is 25.2 Å². The van der Waals surface area contributed by atoms with E-state index in [1.54, 1.807) is 12.0 Å². The minimum Gasteiger partial charge on any atom is -0.493 e. The number of amides is 1. The van der Waals surface area contributed by atoms with Crippen molar-refractivity contribution in [2.24, 2.45) is 0 Å². The van der Waals surface area contributed by atoms with E-state index in [1.807, 2.05) is 61.5 Å². The Balaban J connectivity index is 2.06. The van der Waals surface area contributed by atoms with Gasteiger partial charge in [0.2, 0.25) is 0 Å². The van der Waals surface area contributed by atoms with E-state index < -0.39 is 0 Å². The molecule has 0 radical (unpaired) electrons. The zero-order valence-electron chi connectivity index (χ0n) is 14.2. The van der Waals surface area contributed by atoms with E-state index in [9.17, 15) is 4.79 Å². The van der Waals surface area contributed by atoms with Crippen LogP contribution in [0.5, 0.6) is 11.5 Å². The zero-order chi connectivity index (χ0) is 17.4. The Bertz CT molecular complexity index is 683. The van der Waals surface area contributed by atoms with Crippen LogP contribution in [0.1, 0.15) is 12.5 Å².